The molecule has 2 aliphatic heterocycles. The molecule has 0 aliphatic carbocycles. The first-order valence-corrected chi connectivity index (χ1v) is 9.79. The predicted octanol–water partition coefficient (Wildman–Crippen LogP) is 2.97. The topological polar surface area (TPSA) is 105 Å². The summed E-state index contributed by atoms with van der Waals surface area (Å²) >= 11 is 1.15. The predicted molar refractivity (Wildman–Crippen MR) is 103 cm³/mol. The maximum absolute atomic E-state index is 12.2. The number of thioether (sulfide) groups is 1. The molecule has 2 aliphatic rings. The lowest BCUT2D eigenvalue weighted by molar-refractivity contribution is -0.113. The number of anilines is 1. The van der Waals surface area contributed by atoms with E-state index in [2.05, 4.69) is 15.5 Å². The number of nitrogens with one attached hydrogen (secondary N) is 1. The van der Waals surface area contributed by atoms with Crippen LogP contribution in [0.3, 0.4) is 0 Å². The number of carbonyl (C=O) groups is 1. The van der Waals surface area contributed by atoms with Crippen molar-refractivity contribution in [2.75, 3.05) is 31.1 Å². The quantitative estimate of drug-likeness (QED) is 0.632. The molecule has 0 atom stereocenters. The summed E-state index contributed by atoms with van der Waals surface area (Å²) in [5, 5.41) is 11.1. The Balaban J connectivity index is 1.19. The molecule has 148 valence electrons. The van der Waals surface area contributed by atoms with E-state index in [1.165, 1.54) is 0 Å². The van der Waals surface area contributed by atoms with Gasteiger partial charge in [-0.15, -0.1) is 10.2 Å². The second-order valence-electron chi connectivity index (χ2n) is 6.14. The summed E-state index contributed by atoms with van der Waals surface area (Å²) in [6.07, 6.45) is 0. The molecule has 1 N–H and O–H groups in total. The number of aromatic nitrogens is 2. The van der Waals surface area contributed by atoms with E-state index in [9.17, 15) is 4.79 Å². The molecular formula is C19H15N3O6S. The first kappa shape index (κ1) is 17.7. The van der Waals surface area contributed by atoms with Crippen LogP contribution in [0.5, 0.6) is 23.0 Å². The van der Waals surface area contributed by atoms with Gasteiger partial charge in [0.05, 0.1) is 5.75 Å². The summed E-state index contributed by atoms with van der Waals surface area (Å²) in [7, 11) is 0. The fourth-order valence-electron chi connectivity index (χ4n) is 2.86. The van der Waals surface area contributed by atoms with Crippen molar-refractivity contribution >= 4 is 23.4 Å². The number of nitrogens with zero attached hydrogens (tertiary/aromatic N) is 2. The SMILES string of the molecule is O=C(CSc1nnc(-c2ccc3c(c2)OCO3)o1)Nc1ccc2c(c1)OCCO2. The molecule has 3 aromatic rings. The molecular weight excluding hydrogens is 398 g/mol. The molecule has 9 nitrogen and oxygen atoms in total. The van der Waals surface area contributed by atoms with Crippen LogP contribution in [0.1, 0.15) is 0 Å². The van der Waals surface area contributed by atoms with E-state index in [0.29, 0.717) is 58.6 Å². The standard InChI is InChI=1S/C19H15N3O6S/c23-17(20-12-2-4-13-16(8-12)25-6-5-24-13)9-29-19-22-21-18(28-19)11-1-3-14-15(7-11)27-10-26-14/h1-4,7-8H,5-6,9-10H2,(H,20,23). The first-order chi connectivity index (χ1) is 14.2. The lowest BCUT2D eigenvalue weighted by Gasteiger charge is -2.18. The van der Waals surface area contributed by atoms with Gasteiger partial charge >= 0.3 is 0 Å². The summed E-state index contributed by atoms with van der Waals surface area (Å²) in [6, 6.07) is 10.6. The van der Waals surface area contributed by atoms with Gasteiger partial charge in [0.15, 0.2) is 23.0 Å². The molecule has 0 saturated carbocycles. The number of benzene rings is 2. The maximum atomic E-state index is 12.2. The number of carbonyl (C=O) groups excluding carboxylic acids is 1. The van der Waals surface area contributed by atoms with Gasteiger partial charge in [0, 0.05) is 17.3 Å². The average molecular weight is 413 g/mol. The van der Waals surface area contributed by atoms with Crippen molar-refractivity contribution in [2.45, 2.75) is 5.22 Å². The Morgan fingerprint density at radius 1 is 0.931 bits per heavy atom. The van der Waals surface area contributed by atoms with Crippen LogP contribution in [-0.2, 0) is 4.79 Å². The van der Waals surface area contributed by atoms with E-state index in [-0.39, 0.29) is 18.5 Å². The third-order valence-electron chi connectivity index (χ3n) is 4.18. The van der Waals surface area contributed by atoms with Crippen LogP contribution < -0.4 is 24.3 Å². The zero-order chi connectivity index (χ0) is 19.6. The van der Waals surface area contributed by atoms with Gasteiger partial charge in [-0.1, -0.05) is 11.8 Å². The van der Waals surface area contributed by atoms with E-state index in [1.807, 2.05) is 6.07 Å². The number of fused-ring (bicyclic) bond motifs is 2. The molecule has 0 fully saturated rings. The van der Waals surface area contributed by atoms with Gasteiger partial charge in [0.25, 0.3) is 5.22 Å². The van der Waals surface area contributed by atoms with Crippen LogP contribution in [0.25, 0.3) is 11.5 Å². The van der Waals surface area contributed by atoms with E-state index in [0.717, 1.165) is 11.8 Å². The van der Waals surface area contributed by atoms with Crippen LogP contribution >= 0.6 is 11.8 Å². The number of amides is 1. The molecule has 2 aromatic carbocycles. The molecule has 0 radical (unpaired) electrons. The van der Waals surface area contributed by atoms with Crippen molar-refractivity contribution in [2.24, 2.45) is 0 Å². The highest BCUT2D eigenvalue weighted by Crippen LogP contribution is 2.36. The van der Waals surface area contributed by atoms with Gasteiger partial charge in [0.1, 0.15) is 13.2 Å². The minimum absolute atomic E-state index is 0.122. The van der Waals surface area contributed by atoms with Gasteiger partial charge in [-0.05, 0) is 30.3 Å². The Kier molecular flexibility index (Phi) is 4.60. The third kappa shape index (κ3) is 3.79. The van der Waals surface area contributed by atoms with Crippen LogP contribution in [0.2, 0.25) is 0 Å². The smallest absolute Gasteiger partial charge is 0.277 e. The first-order valence-electron chi connectivity index (χ1n) is 8.80. The Hall–Kier alpha value is -3.40. The second-order valence-corrected chi connectivity index (χ2v) is 7.06. The highest BCUT2D eigenvalue weighted by Gasteiger charge is 2.18. The van der Waals surface area contributed by atoms with Crippen LogP contribution in [-0.4, -0.2) is 41.9 Å². The lowest BCUT2D eigenvalue weighted by atomic mass is 10.2. The van der Waals surface area contributed by atoms with Crippen molar-refractivity contribution in [1.82, 2.24) is 10.2 Å². The van der Waals surface area contributed by atoms with E-state index in [1.54, 1.807) is 30.3 Å². The van der Waals surface area contributed by atoms with Crippen LogP contribution in [0, 0.1) is 0 Å². The second kappa shape index (κ2) is 7.55. The average Bonchev–Trinajstić information content (AvgIpc) is 3.41. The van der Waals surface area contributed by atoms with Gasteiger partial charge < -0.3 is 28.7 Å². The molecule has 0 unspecified atom stereocenters. The minimum Gasteiger partial charge on any atom is -0.486 e. The fraction of sp³-hybridized carbons (Fsp3) is 0.211. The summed E-state index contributed by atoms with van der Waals surface area (Å²) < 4.78 is 27.3. The summed E-state index contributed by atoms with van der Waals surface area (Å²) in [6.45, 7) is 1.21. The Bertz CT molecular complexity index is 1070. The lowest BCUT2D eigenvalue weighted by Crippen LogP contribution is -2.17. The Morgan fingerprint density at radius 2 is 1.69 bits per heavy atom. The maximum Gasteiger partial charge on any atom is 0.277 e. The van der Waals surface area contributed by atoms with Crippen LogP contribution in [0.4, 0.5) is 5.69 Å². The minimum atomic E-state index is -0.200. The summed E-state index contributed by atoms with van der Waals surface area (Å²) in [4.78, 5) is 12.2. The monoisotopic (exact) mass is 413 g/mol. The number of rotatable bonds is 5. The van der Waals surface area contributed by atoms with Gasteiger partial charge in [0.2, 0.25) is 18.6 Å². The van der Waals surface area contributed by atoms with E-state index in [4.69, 9.17) is 23.4 Å². The van der Waals surface area contributed by atoms with Crippen molar-refractivity contribution < 1.29 is 28.2 Å². The molecule has 1 amide bonds. The van der Waals surface area contributed by atoms with Gasteiger partial charge in [-0.3, -0.25) is 4.79 Å². The molecule has 1 aromatic heterocycles. The molecule has 5 rings (SSSR count). The molecule has 3 heterocycles. The fourth-order valence-corrected chi connectivity index (χ4v) is 3.42. The van der Waals surface area contributed by atoms with Gasteiger partial charge in [-0.2, -0.15) is 0 Å². The molecule has 29 heavy (non-hydrogen) atoms. The zero-order valence-corrected chi connectivity index (χ0v) is 15.9. The highest BCUT2D eigenvalue weighted by molar-refractivity contribution is 7.99. The summed E-state index contributed by atoms with van der Waals surface area (Å²) in [5.41, 5.74) is 1.35. The van der Waals surface area contributed by atoms with Gasteiger partial charge in [-0.25, -0.2) is 0 Å². The normalized spacial score (nSPS) is 13.9. The molecule has 0 bridgehead atoms. The molecule has 0 spiro atoms. The molecule has 0 saturated heterocycles. The largest absolute Gasteiger partial charge is 0.486 e. The van der Waals surface area contributed by atoms with E-state index < -0.39 is 0 Å². The van der Waals surface area contributed by atoms with Crippen molar-refractivity contribution in [3.63, 3.8) is 0 Å². The van der Waals surface area contributed by atoms with E-state index >= 15 is 0 Å². The number of ether oxygens (including phenoxy) is 4. The van der Waals surface area contributed by atoms with Crippen molar-refractivity contribution in [3.05, 3.63) is 36.4 Å². The van der Waals surface area contributed by atoms with Crippen LogP contribution in [0.15, 0.2) is 46.0 Å². The molecule has 10 heteroatoms. The third-order valence-corrected chi connectivity index (χ3v) is 5.00. The number of hydrogen-bond donors (Lipinski definition) is 1. The zero-order valence-electron chi connectivity index (χ0n) is 15.0. The summed E-state index contributed by atoms with van der Waals surface area (Å²) in [5.74, 6) is 2.87. The number of hydrogen-bond acceptors (Lipinski definition) is 9. The highest BCUT2D eigenvalue weighted by atomic mass is 32.2. The Labute approximate surface area is 169 Å². The Morgan fingerprint density at radius 3 is 2.62 bits per heavy atom. The van der Waals surface area contributed by atoms with Crippen molar-refractivity contribution in [3.8, 4) is 34.5 Å². The van der Waals surface area contributed by atoms with Crippen molar-refractivity contribution in [1.29, 1.82) is 0 Å².